The predicted octanol–water partition coefficient (Wildman–Crippen LogP) is -7.48. The van der Waals surface area contributed by atoms with Crippen molar-refractivity contribution < 1.29 is 0 Å². The fourth-order valence-corrected chi connectivity index (χ4v) is 0. The Bertz CT molecular complexity index is 6.90. The molecule has 0 nitrogen and oxygen atoms in total. The molecular formula is H18In4Sn3. The number of rotatable bonds is 0. The molecule has 0 saturated carbocycles. The van der Waals surface area contributed by atoms with E-state index in [1.807, 2.05) is 0 Å². The van der Waals surface area contributed by atoms with Crippen molar-refractivity contribution >= 4 is 175 Å². The van der Waals surface area contributed by atoms with Gasteiger partial charge < -0.3 is 0 Å². The minimum atomic E-state index is 0. The van der Waals surface area contributed by atoms with Gasteiger partial charge in [0.1, 0.15) is 0 Å². The monoisotopic (exact) mass is 837 g/mol. The third kappa shape index (κ3) is 33.5. The third-order valence-corrected chi connectivity index (χ3v) is 0. The molecule has 0 aromatic heterocycles. The summed E-state index contributed by atoms with van der Waals surface area (Å²) in [5, 5.41) is 0. The van der Waals surface area contributed by atoms with E-state index in [4.69, 9.17) is 0 Å². The fraction of sp³-hybridized carbons (Fsp3) is 0. The first-order valence-electron chi connectivity index (χ1n) is 0. The molecule has 0 fully saturated rings. The molecule has 0 bridgehead atoms. The Morgan fingerprint density at radius 2 is 0.286 bits per heavy atom. The van der Waals surface area contributed by atoms with Crippen LogP contribution in [0.4, 0.5) is 0 Å². The van der Waals surface area contributed by atoms with Gasteiger partial charge >= 0.3 is 175 Å². The summed E-state index contributed by atoms with van der Waals surface area (Å²) in [6.07, 6.45) is 0. The van der Waals surface area contributed by atoms with Crippen molar-refractivity contribution in [2.75, 3.05) is 0 Å². The van der Waals surface area contributed by atoms with Gasteiger partial charge in [0.15, 0.2) is 0 Å². The Kier molecular flexibility index (Phi) is 306. The molecule has 0 aromatic rings. The van der Waals surface area contributed by atoms with Crippen LogP contribution in [0.25, 0.3) is 0 Å². The zero-order chi connectivity index (χ0) is 0. The van der Waals surface area contributed by atoms with Crippen LogP contribution in [0, 0.1) is 0 Å². The summed E-state index contributed by atoms with van der Waals surface area (Å²) in [5.74, 6) is 0. The molecule has 0 saturated heterocycles. The first kappa shape index (κ1) is 52.6. The first-order chi connectivity index (χ1) is 0. The van der Waals surface area contributed by atoms with E-state index in [0.29, 0.717) is 0 Å². The van der Waals surface area contributed by atoms with Crippen molar-refractivity contribution in [3.8, 4) is 0 Å². The van der Waals surface area contributed by atoms with Gasteiger partial charge in [0.05, 0.1) is 0 Å². The summed E-state index contributed by atoms with van der Waals surface area (Å²) < 4.78 is 0. The van der Waals surface area contributed by atoms with Gasteiger partial charge in [0, 0.05) is 0 Å². The van der Waals surface area contributed by atoms with Crippen molar-refractivity contribution in [2.24, 2.45) is 0 Å². The second kappa shape index (κ2) is 40.7. The van der Waals surface area contributed by atoms with Gasteiger partial charge in [-0.05, 0) is 0 Å². The maximum absolute atomic E-state index is 0. The molecule has 0 aliphatic rings. The summed E-state index contributed by atoms with van der Waals surface area (Å²) >= 11 is 0. The van der Waals surface area contributed by atoms with Crippen molar-refractivity contribution in [3.05, 3.63) is 0 Å². The Morgan fingerprint density at radius 1 is 0.286 bits per heavy atom. The SMILES string of the molecule is [InH3].[InH3].[InH3].[InH3].[SnH2].[SnH2].[SnH2]. The van der Waals surface area contributed by atoms with Gasteiger partial charge in [-0.1, -0.05) is 0 Å². The van der Waals surface area contributed by atoms with Crippen LogP contribution in [0.3, 0.4) is 0 Å². The first-order valence-corrected chi connectivity index (χ1v) is 0. The molecule has 0 heterocycles. The second-order valence-electron chi connectivity index (χ2n) is 0. The number of hydrogen-bond donors (Lipinski definition) is 0. The fourth-order valence-electron chi connectivity index (χ4n) is 0. The van der Waals surface area contributed by atoms with Crippen LogP contribution in [0.1, 0.15) is 0 Å². The molecule has 0 aromatic carbocycles. The van der Waals surface area contributed by atoms with Crippen molar-refractivity contribution in [3.63, 3.8) is 0 Å². The van der Waals surface area contributed by atoms with Crippen LogP contribution in [0.15, 0.2) is 0 Å². The van der Waals surface area contributed by atoms with Gasteiger partial charge in [-0.3, -0.25) is 0 Å². The summed E-state index contributed by atoms with van der Waals surface area (Å²) in [6.45, 7) is 0. The van der Waals surface area contributed by atoms with Crippen molar-refractivity contribution in [1.82, 2.24) is 0 Å². The molecule has 0 spiro atoms. The standard InChI is InChI=1S/4In.3Sn.18H. The second-order valence-corrected chi connectivity index (χ2v) is 0. The molecule has 0 atom stereocenters. The molecular weight excluding hydrogens is 815 g/mol. The maximum atomic E-state index is 0. The van der Waals surface area contributed by atoms with E-state index in [-0.39, 0.29) is 175 Å². The van der Waals surface area contributed by atoms with Gasteiger partial charge in [0.2, 0.25) is 0 Å². The van der Waals surface area contributed by atoms with E-state index < -0.39 is 0 Å². The van der Waals surface area contributed by atoms with Gasteiger partial charge in [-0.15, -0.1) is 0 Å². The predicted molar refractivity (Wildman–Crippen MR) is 65.4 cm³/mol. The Morgan fingerprint density at radius 3 is 0.286 bits per heavy atom. The van der Waals surface area contributed by atoms with Crippen LogP contribution >= 0.6 is 0 Å². The Hall–Kier alpha value is 5.88. The summed E-state index contributed by atoms with van der Waals surface area (Å²) in [7, 11) is 0. The average molecular weight is 834 g/mol. The van der Waals surface area contributed by atoms with Crippen LogP contribution in [-0.4, -0.2) is 175 Å². The summed E-state index contributed by atoms with van der Waals surface area (Å²) in [6, 6.07) is 0. The van der Waals surface area contributed by atoms with E-state index >= 15 is 0 Å². The Labute approximate surface area is 170 Å². The van der Waals surface area contributed by atoms with E-state index in [1.54, 1.807) is 0 Å². The average Bonchev–Trinajstić information content (AvgIpc) is 0. The van der Waals surface area contributed by atoms with Gasteiger partial charge in [-0.25, -0.2) is 0 Å². The van der Waals surface area contributed by atoms with Crippen molar-refractivity contribution in [1.29, 1.82) is 0 Å². The van der Waals surface area contributed by atoms with Gasteiger partial charge in [0.25, 0.3) is 0 Å². The summed E-state index contributed by atoms with van der Waals surface area (Å²) in [5.41, 5.74) is 0. The molecule has 0 N–H and O–H groups in total. The third-order valence-electron chi connectivity index (χ3n) is 0. The van der Waals surface area contributed by atoms with E-state index in [0.717, 1.165) is 0 Å². The molecule has 7 heteroatoms. The molecule has 0 rings (SSSR count). The van der Waals surface area contributed by atoms with Crippen LogP contribution in [0.5, 0.6) is 0 Å². The molecule has 0 unspecified atom stereocenters. The van der Waals surface area contributed by atoms with Gasteiger partial charge in [-0.2, -0.15) is 0 Å². The Balaban J connectivity index is 0. The quantitative estimate of drug-likeness (QED) is 0.213. The zero-order valence-electron chi connectivity index (χ0n) is 2.12. The molecule has 7 heavy (non-hydrogen) atoms. The molecule has 6 radical (unpaired) electrons. The molecule has 0 aliphatic carbocycles. The van der Waals surface area contributed by atoms with Crippen molar-refractivity contribution in [2.45, 2.75) is 0 Å². The number of hydrogen-bond acceptors (Lipinski definition) is 0. The molecule has 0 amide bonds. The van der Waals surface area contributed by atoms with Crippen LogP contribution in [-0.2, 0) is 0 Å². The topological polar surface area (TPSA) is 0 Å². The van der Waals surface area contributed by atoms with Crippen LogP contribution in [0.2, 0.25) is 0 Å². The molecule has 0 aliphatic heterocycles. The normalized spacial score (nSPS) is 0. The molecule has 42 valence electrons. The zero-order valence-corrected chi connectivity index (χ0v) is 14.2. The summed E-state index contributed by atoms with van der Waals surface area (Å²) in [4.78, 5) is 0. The van der Waals surface area contributed by atoms with E-state index in [1.165, 1.54) is 0 Å². The van der Waals surface area contributed by atoms with E-state index in [9.17, 15) is 0 Å². The minimum absolute atomic E-state index is 0. The van der Waals surface area contributed by atoms with E-state index in [2.05, 4.69) is 0 Å². The van der Waals surface area contributed by atoms with Crippen LogP contribution < -0.4 is 0 Å².